The van der Waals surface area contributed by atoms with E-state index in [2.05, 4.69) is 20.9 Å². The normalized spacial score (nSPS) is 14.6. The molecule has 1 aromatic carbocycles. The van der Waals surface area contributed by atoms with Gasteiger partial charge in [0, 0.05) is 16.5 Å². The molecule has 0 unspecified atom stereocenters. The topological polar surface area (TPSA) is 34.9 Å². The smallest absolute Gasteiger partial charge is 0.255 e. The fourth-order valence-electron chi connectivity index (χ4n) is 2.13. The zero-order valence-corrected chi connectivity index (χ0v) is 12.8. The predicted molar refractivity (Wildman–Crippen MR) is 78.7 cm³/mol. The molecule has 2 aromatic rings. The summed E-state index contributed by atoms with van der Waals surface area (Å²) in [5.74, 6) is 0.712. The molecule has 0 amide bonds. The fraction of sp³-hybridized carbons (Fsp3) is 0.286. The highest BCUT2D eigenvalue weighted by atomic mass is 79.9. The third-order valence-electron chi connectivity index (χ3n) is 3.29. The first-order valence-corrected chi connectivity index (χ1v) is 7.43. The molecule has 1 fully saturated rings. The number of halogens is 3. The molecule has 0 radical (unpaired) electrons. The summed E-state index contributed by atoms with van der Waals surface area (Å²) in [5.41, 5.74) is 0.655. The highest BCUT2D eigenvalue weighted by Crippen LogP contribution is 2.39. The number of hydrogen-bond acceptors (Lipinski definition) is 2. The van der Waals surface area contributed by atoms with Gasteiger partial charge in [-0.25, -0.2) is 9.37 Å². The lowest BCUT2D eigenvalue weighted by atomic mass is 10.2. The van der Waals surface area contributed by atoms with Crippen molar-refractivity contribution in [3.63, 3.8) is 0 Å². The maximum absolute atomic E-state index is 13.1. The van der Waals surface area contributed by atoms with Crippen LogP contribution in [0.15, 0.2) is 33.5 Å². The van der Waals surface area contributed by atoms with Crippen LogP contribution < -0.4 is 5.56 Å². The predicted octanol–water partition coefficient (Wildman–Crippen LogP) is 3.72. The van der Waals surface area contributed by atoms with Crippen LogP contribution >= 0.6 is 27.5 Å². The second-order valence-electron chi connectivity index (χ2n) is 4.87. The van der Waals surface area contributed by atoms with Gasteiger partial charge >= 0.3 is 0 Å². The van der Waals surface area contributed by atoms with E-state index in [9.17, 15) is 9.18 Å². The van der Waals surface area contributed by atoms with Crippen molar-refractivity contribution in [2.45, 2.75) is 25.3 Å². The summed E-state index contributed by atoms with van der Waals surface area (Å²) in [6.45, 7) is 0.357. The van der Waals surface area contributed by atoms with Gasteiger partial charge in [0.15, 0.2) is 0 Å². The van der Waals surface area contributed by atoms with Gasteiger partial charge < -0.3 is 0 Å². The molecular weight excluding hydrogens is 347 g/mol. The summed E-state index contributed by atoms with van der Waals surface area (Å²) in [6.07, 6.45) is 2.05. The molecule has 3 nitrogen and oxygen atoms in total. The Morgan fingerprint density at radius 1 is 1.40 bits per heavy atom. The molecule has 0 spiro atoms. The molecule has 1 aliphatic carbocycles. The quantitative estimate of drug-likeness (QED) is 0.785. The first-order chi connectivity index (χ1) is 9.54. The second kappa shape index (κ2) is 5.30. The largest absolute Gasteiger partial charge is 0.292 e. The molecule has 3 rings (SSSR count). The lowest BCUT2D eigenvalue weighted by Gasteiger charge is -2.12. The van der Waals surface area contributed by atoms with E-state index in [-0.39, 0.29) is 16.5 Å². The van der Waals surface area contributed by atoms with E-state index in [1.165, 1.54) is 18.2 Å². The van der Waals surface area contributed by atoms with E-state index in [1.807, 2.05) is 0 Å². The van der Waals surface area contributed by atoms with Gasteiger partial charge in [0.25, 0.3) is 5.56 Å². The summed E-state index contributed by atoms with van der Waals surface area (Å²) >= 11 is 9.18. The van der Waals surface area contributed by atoms with Gasteiger partial charge in [-0.3, -0.25) is 9.36 Å². The average Bonchev–Trinajstić information content (AvgIpc) is 3.19. The van der Waals surface area contributed by atoms with Gasteiger partial charge in [0.05, 0.1) is 6.54 Å². The van der Waals surface area contributed by atoms with Crippen LogP contribution in [-0.2, 0) is 6.54 Å². The molecule has 0 atom stereocenters. The van der Waals surface area contributed by atoms with E-state index in [0.29, 0.717) is 16.9 Å². The lowest BCUT2D eigenvalue weighted by molar-refractivity contribution is 0.622. The Balaban J connectivity index is 2.04. The van der Waals surface area contributed by atoms with Crippen molar-refractivity contribution in [1.82, 2.24) is 9.55 Å². The molecule has 20 heavy (non-hydrogen) atoms. The lowest BCUT2D eigenvalue weighted by Crippen LogP contribution is -2.25. The zero-order valence-electron chi connectivity index (χ0n) is 10.4. The minimum atomic E-state index is -0.315. The van der Waals surface area contributed by atoms with Crippen molar-refractivity contribution in [1.29, 1.82) is 0 Å². The third kappa shape index (κ3) is 2.79. The molecular formula is C14H11BrClFN2O. The van der Waals surface area contributed by atoms with E-state index in [0.717, 1.165) is 24.2 Å². The van der Waals surface area contributed by atoms with E-state index in [4.69, 9.17) is 11.6 Å². The minimum absolute atomic E-state index is 0.178. The van der Waals surface area contributed by atoms with Crippen LogP contribution in [0.3, 0.4) is 0 Å². The van der Waals surface area contributed by atoms with Gasteiger partial charge in [-0.05, 0) is 30.5 Å². The minimum Gasteiger partial charge on any atom is -0.292 e. The van der Waals surface area contributed by atoms with Crippen LogP contribution in [0.5, 0.6) is 0 Å². The maximum Gasteiger partial charge on any atom is 0.255 e. The fourth-order valence-corrected chi connectivity index (χ4v) is 2.78. The van der Waals surface area contributed by atoms with E-state index < -0.39 is 0 Å². The van der Waals surface area contributed by atoms with Crippen LogP contribution in [0.25, 0.3) is 0 Å². The summed E-state index contributed by atoms with van der Waals surface area (Å²) in [5, 5.41) is 0.228. The molecule has 1 saturated carbocycles. The Morgan fingerprint density at radius 2 is 2.15 bits per heavy atom. The van der Waals surface area contributed by atoms with Gasteiger partial charge in [-0.1, -0.05) is 33.6 Å². The Hall–Kier alpha value is -1.20. The third-order valence-corrected chi connectivity index (χ3v) is 4.22. The Bertz CT molecular complexity index is 728. The average molecular weight is 358 g/mol. The summed E-state index contributed by atoms with van der Waals surface area (Å²) < 4.78 is 15.4. The van der Waals surface area contributed by atoms with Crippen molar-refractivity contribution in [3.05, 3.63) is 61.5 Å². The summed E-state index contributed by atoms with van der Waals surface area (Å²) in [6, 6.07) is 5.74. The first kappa shape index (κ1) is 13.8. The van der Waals surface area contributed by atoms with Gasteiger partial charge in [-0.2, -0.15) is 0 Å². The number of benzene rings is 1. The van der Waals surface area contributed by atoms with Gasteiger partial charge in [-0.15, -0.1) is 0 Å². The zero-order chi connectivity index (χ0) is 14.3. The van der Waals surface area contributed by atoms with Crippen molar-refractivity contribution < 1.29 is 4.39 Å². The molecule has 1 aromatic heterocycles. The van der Waals surface area contributed by atoms with Crippen molar-refractivity contribution in [2.24, 2.45) is 0 Å². The van der Waals surface area contributed by atoms with Crippen molar-refractivity contribution in [3.8, 4) is 0 Å². The standard InChI is InChI=1S/C14H11BrClFN2O/c15-11-5-10(17)4-3-9(11)7-19-13(20)6-12(16)18-14(19)8-1-2-8/h3-6,8H,1-2,7H2. The molecule has 1 heterocycles. The SMILES string of the molecule is O=c1cc(Cl)nc(C2CC2)n1Cc1ccc(F)cc1Br. The first-order valence-electron chi connectivity index (χ1n) is 6.26. The molecule has 0 bridgehead atoms. The Kier molecular flexibility index (Phi) is 3.65. The van der Waals surface area contributed by atoms with Crippen LogP contribution in [-0.4, -0.2) is 9.55 Å². The van der Waals surface area contributed by atoms with Crippen molar-refractivity contribution >= 4 is 27.5 Å². The van der Waals surface area contributed by atoms with Crippen LogP contribution in [0.1, 0.15) is 30.1 Å². The molecule has 6 heteroatoms. The van der Waals surface area contributed by atoms with Crippen LogP contribution in [0, 0.1) is 5.82 Å². The van der Waals surface area contributed by atoms with E-state index >= 15 is 0 Å². The summed E-state index contributed by atoms with van der Waals surface area (Å²) in [7, 11) is 0. The number of rotatable bonds is 3. The van der Waals surface area contributed by atoms with E-state index in [1.54, 1.807) is 10.6 Å². The van der Waals surface area contributed by atoms with Crippen molar-refractivity contribution in [2.75, 3.05) is 0 Å². The monoisotopic (exact) mass is 356 g/mol. The Morgan fingerprint density at radius 3 is 2.80 bits per heavy atom. The second-order valence-corrected chi connectivity index (χ2v) is 6.11. The molecule has 104 valence electrons. The summed E-state index contributed by atoms with van der Waals surface area (Å²) in [4.78, 5) is 16.4. The molecule has 0 N–H and O–H groups in total. The molecule has 1 aliphatic rings. The van der Waals surface area contributed by atoms with Gasteiger partial charge in [0.2, 0.25) is 0 Å². The maximum atomic E-state index is 13.1. The Labute approximate surface area is 128 Å². The number of aromatic nitrogens is 2. The highest BCUT2D eigenvalue weighted by molar-refractivity contribution is 9.10. The number of nitrogens with zero attached hydrogens (tertiary/aromatic N) is 2. The number of hydrogen-bond donors (Lipinski definition) is 0. The highest BCUT2D eigenvalue weighted by Gasteiger charge is 2.29. The van der Waals surface area contributed by atoms with Crippen LogP contribution in [0.4, 0.5) is 4.39 Å². The van der Waals surface area contributed by atoms with Crippen LogP contribution in [0.2, 0.25) is 5.15 Å². The molecule has 0 saturated heterocycles. The van der Waals surface area contributed by atoms with Gasteiger partial charge in [0.1, 0.15) is 16.8 Å². The molecule has 0 aliphatic heterocycles.